The van der Waals surface area contributed by atoms with Gasteiger partial charge in [-0.05, 0) is 42.7 Å². The van der Waals surface area contributed by atoms with Crippen LogP contribution >= 0.6 is 0 Å². The molecule has 3 aromatic carbocycles. The number of rotatable bonds is 7. The van der Waals surface area contributed by atoms with E-state index in [4.69, 9.17) is 4.74 Å². The minimum absolute atomic E-state index is 0.0409. The fraction of sp³-hybridized carbons (Fsp3) is 0.231. The van der Waals surface area contributed by atoms with Gasteiger partial charge in [0.05, 0.1) is 23.4 Å². The number of hydrogen-bond acceptors (Lipinski definition) is 3. The standard InChI is InChI=1S/C26H26N2O3/c29-25(27-23-14-6-4-12-21(23)26(30)28-17-8-9-18-28)22-13-5-7-15-24(22)31-19-16-20-10-2-1-3-11-20/h1-7,10-15H,8-9,16-19H2,(H,27,29). The Balaban J connectivity index is 1.46. The second-order valence-corrected chi connectivity index (χ2v) is 7.58. The fourth-order valence-electron chi connectivity index (χ4n) is 3.76. The van der Waals surface area contributed by atoms with Gasteiger partial charge >= 0.3 is 0 Å². The zero-order valence-electron chi connectivity index (χ0n) is 17.4. The smallest absolute Gasteiger partial charge is 0.259 e. The van der Waals surface area contributed by atoms with Gasteiger partial charge in [0.2, 0.25) is 0 Å². The van der Waals surface area contributed by atoms with Gasteiger partial charge in [-0.3, -0.25) is 9.59 Å². The first kappa shape index (κ1) is 20.7. The zero-order valence-corrected chi connectivity index (χ0v) is 17.4. The van der Waals surface area contributed by atoms with E-state index in [0.717, 1.165) is 32.4 Å². The lowest BCUT2D eigenvalue weighted by atomic mass is 10.1. The molecule has 1 aliphatic heterocycles. The molecule has 158 valence electrons. The third-order valence-electron chi connectivity index (χ3n) is 5.42. The van der Waals surface area contributed by atoms with Crippen LogP contribution in [0.15, 0.2) is 78.9 Å². The molecule has 5 heteroatoms. The summed E-state index contributed by atoms with van der Waals surface area (Å²) in [4.78, 5) is 27.8. The summed E-state index contributed by atoms with van der Waals surface area (Å²) in [7, 11) is 0. The fourth-order valence-corrected chi connectivity index (χ4v) is 3.76. The SMILES string of the molecule is O=C(Nc1ccccc1C(=O)N1CCCC1)c1ccccc1OCCc1ccccc1. The van der Waals surface area contributed by atoms with Crippen LogP contribution in [0.4, 0.5) is 5.69 Å². The van der Waals surface area contributed by atoms with E-state index in [0.29, 0.717) is 29.2 Å². The highest BCUT2D eigenvalue weighted by Crippen LogP contribution is 2.24. The molecule has 0 spiro atoms. The molecule has 0 radical (unpaired) electrons. The second kappa shape index (κ2) is 9.94. The van der Waals surface area contributed by atoms with E-state index >= 15 is 0 Å². The molecule has 1 heterocycles. The topological polar surface area (TPSA) is 58.6 Å². The summed E-state index contributed by atoms with van der Waals surface area (Å²) in [5.74, 6) is 0.192. The van der Waals surface area contributed by atoms with Crippen LogP contribution in [0.5, 0.6) is 5.75 Å². The number of para-hydroxylation sites is 2. The number of likely N-dealkylation sites (tertiary alicyclic amines) is 1. The van der Waals surface area contributed by atoms with Crippen molar-refractivity contribution >= 4 is 17.5 Å². The van der Waals surface area contributed by atoms with E-state index in [1.807, 2.05) is 41.3 Å². The number of amides is 2. The highest BCUT2D eigenvalue weighted by Gasteiger charge is 2.23. The number of anilines is 1. The van der Waals surface area contributed by atoms with Crippen molar-refractivity contribution < 1.29 is 14.3 Å². The number of benzene rings is 3. The largest absolute Gasteiger partial charge is 0.492 e. The maximum absolute atomic E-state index is 13.0. The molecule has 5 nitrogen and oxygen atoms in total. The summed E-state index contributed by atoms with van der Waals surface area (Å²) in [5, 5.41) is 2.91. The van der Waals surface area contributed by atoms with Crippen LogP contribution in [-0.4, -0.2) is 36.4 Å². The molecule has 31 heavy (non-hydrogen) atoms. The summed E-state index contributed by atoms with van der Waals surface area (Å²) in [6.07, 6.45) is 2.80. The Morgan fingerprint density at radius 1 is 0.806 bits per heavy atom. The van der Waals surface area contributed by atoms with Crippen molar-refractivity contribution in [1.29, 1.82) is 0 Å². The van der Waals surface area contributed by atoms with E-state index < -0.39 is 0 Å². The molecule has 1 fully saturated rings. The molecule has 0 aromatic heterocycles. The minimum Gasteiger partial charge on any atom is -0.492 e. The van der Waals surface area contributed by atoms with E-state index in [9.17, 15) is 9.59 Å². The molecule has 2 amide bonds. The molecule has 1 aliphatic rings. The summed E-state index contributed by atoms with van der Waals surface area (Å²) in [6.45, 7) is 2.00. The second-order valence-electron chi connectivity index (χ2n) is 7.58. The van der Waals surface area contributed by atoms with Crippen molar-refractivity contribution in [3.05, 3.63) is 95.6 Å². The van der Waals surface area contributed by atoms with E-state index in [2.05, 4.69) is 17.4 Å². The number of carbonyl (C=O) groups excluding carboxylic acids is 2. The number of nitrogens with one attached hydrogen (secondary N) is 1. The van der Waals surface area contributed by atoms with Crippen molar-refractivity contribution in [2.75, 3.05) is 25.0 Å². The molecule has 0 aliphatic carbocycles. The Morgan fingerprint density at radius 2 is 1.45 bits per heavy atom. The quantitative estimate of drug-likeness (QED) is 0.604. The van der Waals surface area contributed by atoms with Gasteiger partial charge < -0.3 is 15.0 Å². The molecular formula is C26H26N2O3. The van der Waals surface area contributed by atoms with Crippen LogP contribution in [0.25, 0.3) is 0 Å². The lowest BCUT2D eigenvalue weighted by molar-refractivity contribution is 0.0794. The zero-order chi connectivity index (χ0) is 21.5. The van der Waals surface area contributed by atoms with Crippen molar-refractivity contribution in [2.45, 2.75) is 19.3 Å². The lowest BCUT2D eigenvalue weighted by Gasteiger charge is -2.18. The first-order valence-electron chi connectivity index (χ1n) is 10.7. The van der Waals surface area contributed by atoms with Crippen LogP contribution in [0.1, 0.15) is 39.1 Å². The lowest BCUT2D eigenvalue weighted by Crippen LogP contribution is -2.28. The van der Waals surface area contributed by atoms with Crippen molar-refractivity contribution in [2.24, 2.45) is 0 Å². The Bertz CT molecular complexity index is 1040. The first-order chi connectivity index (χ1) is 15.2. The van der Waals surface area contributed by atoms with Crippen LogP contribution in [0.3, 0.4) is 0 Å². The van der Waals surface area contributed by atoms with Crippen LogP contribution in [0, 0.1) is 0 Å². The van der Waals surface area contributed by atoms with Crippen LogP contribution in [-0.2, 0) is 6.42 Å². The predicted octanol–water partition coefficient (Wildman–Crippen LogP) is 4.80. The van der Waals surface area contributed by atoms with Crippen molar-refractivity contribution in [3.8, 4) is 5.75 Å². The summed E-state index contributed by atoms with van der Waals surface area (Å²) in [5.41, 5.74) is 2.65. The van der Waals surface area contributed by atoms with Gasteiger partial charge in [0.15, 0.2) is 0 Å². The van der Waals surface area contributed by atoms with E-state index in [1.54, 1.807) is 30.3 Å². The van der Waals surface area contributed by atoms with E-state index in [-0.39, 0.29) is 11.8 Å². The normalized spacial score (nSPS) is 13.1. The summed E-state index contributed by atoms with van der Waals surface area (Å²) in [6, 6.07) is 24.4. The Hall–Kier alpha value is -3.60. The molecule has 0 atom stereocenters. The Morgan fingerprint density at radius 3 is 2.23 bits per heavy atom. The highest BCUT2D eigenvalue weighted by molar-refractivity contribution is 6.10. The van der Waals surface area contributed by atoms with Gasteiger partial charge in [-0.1, -0.05) is 54.6 Å². The van der Waals surface area contributed by atoms with Gasteiger partial charge in [0, 0.05) is 19.5 Å². The average molecular weight is 415 g/mol. The third-order valence-corrected chi connectivity index (χ3v) is 5.42. The number of hydrogen-bond donors (Lipinski definition) is 1. The molecule has 1 N–H and O–H groups in total. The number of ether oxygens (including phenoxy) is 1. The summed E-state index contributed by atoms with van der Waals surface area (Å²) >= 11 is 0. The van der Waals surface area contributed by atoms with Gasteiger partial charge in [-0.25, -0.2) is 0 Å². The molecule has 3 aromatic rings. The monoisotopic (exact) mass is 414 g/mol. The van der Waals surface area contributed by atoms with Crippen molar-refractivity contribution in [1.82, 2.24) is 4.90 Å². The van der Waals surface area contributed by atoms with Gasteiger partial charge in [0.25, 0.3) is 11.8 Å². The van der Waals surface area contributed by atoms with Crippen molar-refractivity contribution in [3.63, 3.8) is 0 Å². The maximum atomic E-state index is 13.0. The number of nitrogens with zero attached hydrogens (tertiary/aromatic N) is 1. The molecule has 0 saturated carbocycles. The first-order valence-corrected chi connectivity index (χ1v) is 10.7. The molecule has 0 unspecified atom stereocenters. The molecule has 0 bridgehead atoms. The van der Waals surface area contributed by atoms with E-state index in [1.165, 1.54) is 5.56 Å². The Labute approximate surface area is 182 Å². The highest BCUT2D eigenvalue weighted by atomic mass is 16.5. The number of carbonyl (C=O) groups is 2. The minimum atomic E-state index is -0.294. The maximum Gasteiger partial charge on any atom is 0.259 e. The summed E-state index contributed by atoms with van der Waals surface area (Å²) < 4.78 is 5.92. The van der Waals surface area contributed by atoms with Crippen LogP contribution < -0.4 is 10.1 Å². The average Bonchev–Trinajstić information content (AvgIpc) is 3.35. The molecular weight excluding hydrogens is 388 g/mol. The van der Waals surface area contributed by atoms with Crippen LogP contribution in [0.2, 0.25) is 0 Å². The van der Waals surface area contributed by atoms with Gasteiger partial charge in [0.1, 0.15) is 5.75 Å². The third kappa shape index (κ3) is 5.12. The van der Waals surface area contributed by atoms with Gasteiger partial charge in [-0.2, -0.15) is 0 Å². The Kier molecular flexibility index (Phi) is 6.62. The van der Waals surface area contributed by atoms with Gasteiger partial charge in [-0.15, -0.1) is 0 Å². The molecule has 4 rings (SSSR count). The predicted molar refractivity (Wildman–Crippen MR) is 122 cm³/mol. The molecule has 1 saturated heterocycles.